The van der Waals surface area contributed by atoms with E-state index >= 15 is 0 Å². The molecule has 8 heteroatoms. The Kier molecular flexibility index (Phi) is 13.0. The summed E-state index contributed by atoms with van der Waals surface area (Å²) in [5, 5.41) is -0.989. The van der Waals surface area contributed by atoms with Gasteiger partial charge in [-0.1, -0.05) is 50.1 Å². The molecular weight excluding hydrogens is 275 g/mol. The minimum atomic E-state index is -4.21. The molecule has 5 nitrogen and oxygen atoms in total. The van der Waals surface area contributed by atoms with Crippen molar-refractivity contribution in [2.75, 3.05) is 5.75 Å². The first-order valence-electron chi connectivity index (χ1n) is 5.40. The summed E-state index contributed by atoms with van der Waals surface area (Å²) in [4.78, 5) is 0. The maximum absolute atomic E-state index is 10.7. The summed E-state index contributed by atoms with van der Waals surface area (Å²) < 4.78 is 51.1. The molecule has 17 heavy (non-hydrogen) atoms. The molecule has 0 heterocycles. The van der Waals surface area contributed by atoms with Crippen molar-refractivity contribution in [1.82, 2.24) is 0 Å². The molecule has 0 bridgehead atoms. The van der Waals surface area contributed by atoms with Gasteiger partial charge < -0.3 is 4.55 Å². The van der Waals surface area contributed by atoms with Gasteiger partial charge in [-0.05, 0) is 6.42 Å². The van der Waals surface area contributed by atoms with Crippen LogP contribution in [0.5, 0.6) is 0 Å². The molecule has 0 saturated heterocycles. The van der Waals surface area contributed by atoms with Gasteiger partial charge in [0, 0.05) is 5.25 Å². The summed E-state index contributed by atoms with van der Waals surface area (Å²) >= 11 is -2.45. The molecule has 0 aliphatic rings. The molecule has 0 aromatic rings. The first kappa shape index (κ1) is 20.3. The van der Waals surface area contributed by atoms with E-state index < -0.39 is 32.2 Å². The summed E-state index contributed by atoms with van der Waals surface area (Å²) in [7, 11) is -4.21. The Bertz CT molecular complexity index is 305. The SMILES string of the molecule is CCCCCCCC(CS(=O)(=O)O)S(=O)[O-].[Na+]. The van der Waals surface area contributed by atoms with Gasteiger partial charge in [-0.15, -0.1) is 0 Å². The van der Waals surface area contributed by atoms with Crippen LogP contribution < -0.4 is 29.6 Å². The van der Waals surface area contributed by atoms with E-state index in [9.17, 15) is 17.2 Å². The zero-order valence-electron chi connectivity index (χ0n) is 10.4. The molecule has 98 valence electrons. The van der Waals surface area contributed by atoms with Gasteiger partial charge in [0.2, 0.25) is 0 Å². The van der Waals surface area contributed by atoms with Gasteiger partial charge in [0.25, 0.3) is 10.1 Å². The van der Waals surface area contributed by atoms with Crippen molar-refractivity contribution < 1.29 is 51.3 Å². The summed E-state index contributed by atoms with van der Waals surface area (Å²) in [6.45, 7) is 2.08. The van der Waals surface area contributed by atoms with Crippen LogP contribution in [0, 0.1) is 0 Å². The van der Waals surface area contributed by atoms with Gasteiger partial charge in [0.1, 0.15) is 0 Å². The second kappa shape index (κ2) is 10.9. The van der Waals surface area contributed by atoms with Crippen LogP contribution in [-0.2, 0) is 21.2 Å². The van der Waals surface area contributed by atoms with Crippen molar-refractivity contribution in [2.45, 2.75) is 50.7 Å². The Morgan fingerprint density at radius 3 is 2.18 bits per heavy atom. The van der Waals surface area contributed by atoms with Gasteiger partial charge in [0.05, 0.1) is 5.75 Å². The topological polar surface area (TPSA) is 94.5 Å². The van der Waals surface area contributed by atoms with Crippen LogP contribution in [0.15, 0.2) is 0 Å². The molecule has 0 aliphatic heterocycles. The van der Waals surface area contributed by atoms with Crippen molar-refractivity contribution in [3.05, 3.63) is 0 Å². The van der Waals surface area contributed by atoms with E-state index in [1.165, 1.54) is 0 Å². The van der Waals surface area contributed by atoms with E-state index in [0.29, 0.717) is 12.8 Å². The van der Waals surface area contributed by atoms with Crippen LogP contribution in [0.3, 0.4) is 0 Å². The van der Waals surface area contributed by atoms with Gasteiger partial charge in [-0.3, -0.25) is 8.76 Å². The van der Waals surface area contributed by atoms with Crippen LogP contribution in [0.2, 0.25) is 0 Å². The average Bonchev–Trinajstić information content (AvgIpc) is 2.13. The molecule has 0 aromatic carbocycles. The Hall–Kier alpha value is 1.02. The first-order chi connectivity index (χ1) is 7.37. The Morgan fingerprint density at radius 1 is 1.24 bits per heavy atom. The van der Waals surface area contributed by atoms with Crippen LogP contribution >= 0.6 is 0 Å². The van der Waals surface area contributed by atoms with Crippen molar-refractivity contribution >= 4 is 21.2 Å². The second-order valence-electron chi connectivity index (χ2n) is 3.83. The molecule has 0 aromatic heterocycles. The summed E-state index contributed by atoms with van der Waals surface area (Å²) in [5.74, 6) is -0.698. The number of hydrogen-bond acceptors (Lipinski definition) is 4. The van der Waals surface area contributed by atoms with E-state index in [2.05, 4.69) is 6.92 Å². The average molecular weight is 294 g/mol. The molecule has 0 radical (unpaired) electrons. The van der Waals surface area contributed by atoms with Crippen LogP contribution in [-0.4, -0.2) is 32.7 Å². The number of hydrogen-bond donors (Lipinski definition) is 1. The fraction of sp³-hybridized carbons (Fsp3) is 1.00. The minimum Gasteiger partial charge on any atom is -0.772 e. The molecule has 0 aliphatic carbocycles. The molecule has 2 atom stereocenters. The summed E-state index contributed by atoms with van der Waals surface area (Å²) in [5.41, 5.74) is 0. The second-order valence-corrected chi connectivity index (χ2v) is 6.52. The van der Waals surface area contributed by atoms with Crippen LogP contribution in [0.25, 0.3) is 0 Å². The van der Waals surface area contributed by atoms with E-state index in [-0.39, 0.29) is 29.6 Å². The molecule has 0 fully saturated rings. The minimum absolute atomic E-state index is 0. The third-order valence-corrected chi connectivity index (χ3v) is 4.28. The maximum atomic E-state index is 10.7. The first-order valence-corrected chi connectivity index (χ1v) is 8.14. The molecule has 2 unspecified atom stereocenters. The molecular formula is C9H19NaO5S2. The smallest absolute Gasteiger partial charge is 0.772 e. The standard InChI is InChI=1S/C9H20O5S2.Na/c1-2-3-4-5-6-7-9(15(10)11)8-16(12,13)14;/h9H,2-8H2,1H3,(H,10,11)(H,12,13,14);/q;+1/p-1. The van der Waals surface area contributed by atoms with Crippen molar-refractivity contribution in [1.29, 1.82) is 0 Å². The molecule has 0 amide bonds. The van der Waals surface area contributed by atoms with Crippen molar-refractivity contribution in [3.8, 4) is 0 Å². The number of rotatable bonds is 9. The quantitative estimate of drug-likeness (QED) is 0.241. The third-order valence-electron chi connectivity index (χ3n) is 2.30. The maximum Gasteiger partial charge on any atom is 1.00 e. The predicted molar refractivity (Wildman–Crippen MR) is 62.5 cm³/mol. The van der Waals surface area contributed by atoms with Gasteiger partial charge >= 0.3 is 29.6 Å². The van der Waals surface area contributed by atoms with E-state index in [4.69, 9.17) is 4.55 Å². The van der Waals surface area contributed by atoms with Gasteiger partial charge in [0.15, 0.2) is 0 Å². The zero-order chi connectivity index (χ0) is 12.6. The Balaban J connectivity index is 0. The zero-order valence-corrected chi connectivity index (χ0v) is 14.1. The Morgan fingerprint density at radius 2 is 1.76 bits per heavy atom. The van der Waals surface area contributed by atoms with Crippen LogP contribution in [0.4, 0.5) is 0 Å². The predicted octanol–water partition coefficient (Wildman–Crippen LogP) is -1.51. The van der Waals surface area contributed by atoms with Gasteiger partial charge in [-0.2, -0.15) is 8.42 Å². The largest absolute Gasteiger partial charge is 1.00 e. The van der Waals surface area contributed by atoms with Gasteiger partial charge in [-0.25, -0.2) is 0 Å². The van der Waals surface area contributed by atoms with Crippen molar-refractivity contribution in [3.63, 3.8) is 0 Å². The van der Waals surface area contributed by atoms with Crippen molar-refractivity contribution in [2.24, 2.45) is 0 Å². The van der Waals surface area contributed by atoms with E-state index in [1.807, 2.05) is 0 Å². The monoisotopic (exact) mass is 294 g/mol. The fourth-order valence-electron chi connectivity index (χ4n) is 1.45. The molecule has 0 rings (SSSR count). The fourth-order valence-corrected chi connectivity index (χ4v) is 3.40. The molecule has 1 N–H and O–H groups in total. The summed E-state index contributed by atoms with van der Waals surface area (Å²) in [6, 6.07) is 0. The van der Waals surface area contributed by atoms with Crippen LogP contribution in [0.1, 0.15) is 45.4 Å². The summed E-state index contributed by atoms with van der Waals surface area (Å²) in [6.07, 6.45) is 5.09. The normalized spacial score (nSPS) is 15.0. The molecule has 0 spiro atoms. The Labute approximate surface area is 128 Å². The third kappa shape index (κ3) is 13.3. The van der Waals surface area contributed by atoms with E-state index in [0.717, 1.165) is 25.7 Å². The molecule has 0 saturated carbocycles. The van der Waals surface area contributed by atoms with E-state index in [1.54, 1.807) is 0 Å². The number of unbranched alkanes of at least 4 members (excludes halogenated alkanes) is 4.